The molecular formula is C11H9F3N4O3S2. The Morgan fingerprint density at radius 1 is 1.35 bits per heavy atom. The van der Waals surface area contributed by atoms with Crippen LogP contribution in [0.15, 0.2) is 23.2 Å². The second-order valence-electron chi connectivity index (χ2n) is 4.12. The molecule has 0 aliphatic rings. The molecule has 2 aromatic heterocycles. The molecule has 7 nitrogen and oxygen atoms in total. The molecule has 1 N–H and O–H groups in total. The lowest BCUT2D eigenvalue weighted by atomic mass is 10.3. The number of halogens is 3. The lowest BCUT2D eigenvalue weighted by Crippen LogP contribution is -2.18. The number of aromatic nitrogens is 3. The van der Waals surface area contributed by atoms with E-state index in [1.165, 1.54) is 25.3 Å². The van der Waals surface area contributed by atoms with Crippen molar-refractivity contribution in [1.82, 2.24) is 15.2 Å². The molecule has 0 aliphatic heterocycles. The van der Waals surface area contributed by atoms with Crippen LogP contribution in [0.2, 0.25) is 0 Å². The molecule has 0 radical (unpaired) electrons. The first-order valence-corrected chi connectivity index (χ1v) is 8.52. The summed E-state index contributed by atoms with van der Waals surface area (Å²) in [7, 11) is -3.72. The Morgan fingerprint density at radius 2 is 2.04 bits per heavy atom. The Bertz CT molecular complexity index is 833. The van der Waals surface area contributed by atoms with Crippen molar-refractivity contribution in [3.63, 3.8) is 0 Å². The minimum absolute atomic E-state index is 0.126. The van der Waals surface area contributed by atoms with Crippen LogP contribution in [0.25, 0.3) is 0 Å². The van der Waals surface area contributed by atoms with Gasteiger partial charge < -0.3 is 0 Å². The van der Waals surface area contributed by atoms with Gasteiger partial charge in [-0.15, -0.1) is 10.2 Å². The zero-order valence-corrected chi connectivity index (χ0v) is 13.1. The first-order chi connectivity index (χ1) is 10.6. The van der Waals surface area contributed by atoms with E-state index in [2.05, 4.69) is 20.5 Å². The second kappa shape index (κ2) is 6.20. The van der Waals surface area contributed by atoms with Gasteiger partial charge in [-0.05, 0) is 12.1 Å². The number of rotatable bonds is 4. The molecular weight excluding hydrogens is 357 g/mol. The summed E-state index contributed by atoms with van der Waals surface area (Å²) in [6.07, 6.45) is -3.48. The summed E-state index contributed by atoms with van der Waals surface area (Å²) in [4.78, 5) is 15.5. The van der Waals surface area contributed by atoms with Gasteiger partial charge in [0, 0.05) is 6.20 Å². The van der Waals surface area contributed by atoms with E-state index in [-0.39, 0.29) is 22.0 Å². The van der Waals surface area contributed by atoms with Crippen molar-refractivity contribution in [3.8, 4) is 0 Å². The van der Waals surface area contributed by atoms with Crippen LogP contribution in [0.5, 0.6) is 0 Å². The highest BCUT2D eigenvalue weighted by molar-refractivity contribution is 7.91. The van der Waals surface area contributed by atoms with Crippen LogP contribution < -0.4 is 5.32 Å². The van der Waals surface area contributed by atoms with Crippen molar-refractivity contribution in [2.45, 2.75) is 18.0 Å². The lowest BCUT2D eigenvalue weighted by molar-refractivity contribution is -0.138. The average molecular weight is 366 g/mol. The molecule has 0 fully saturated rings. The van der Waals surface area contributed by atoms with Gasteiger partial charge >= 0.3 is 6.18 Å². The van der Waals surface area contributed by atoms with Gasteiger partial charge in [-0.3, -0.25) is 10.1 Å². The topological polar surface area (TPSA) is 102 Å². The molecule has 124 valence electrons. The number of anilines is 1. The minimum atomic E-state index is -4.68. The van der Waals surface area contributed by atoms with Crippen LogP contribution in [-0.4, -0.2) is 35.3 Å². The van der Waals surface area contributed by atoms with Gasteiger partial charge in [0.25, 0.3) is 5.91 Å². The van der Waals surface area contributed by atoms with Crippen LogP contribution in [0.1, 0.15) is 22.4 Å². The quantitative estimate of drug-likeness (QED) is 0.888. The Balaban J connectivity index is 2.31. The summed E-state index contributed by atoms with van der Waals surface area (Å²) in [6, 6.07) is 2.54. The zero-order chi connectivity index (χ0) is 17.3. The maximum absolute atomic E-state index is 12.4. The smallest absolute Gasteiger partial charge is 0.295 e. The van der Waals surface area contributed by atoms with Gasteiger partial charge in [0.2, 0.25) is 10.1 Å². The fraction of sp³-hybridized carbons (Fsp3) is 0.273. The van der Waals surface area contributed by atoms with Crippen LogP contribution >= 0.6 is 11.3 Å². The number of alkyl halides is 3. The SMILES string of the molecule is CCS(=O)(=O)c1cccnc1C(=O)Nc1nnc(C(F)(F)F)s1. The van der Waals surface area contributed by atoms with E-state index in [4.69, 9.17) is 0 Å². The molecule has 0 unspecified atom stereocenters. The number of sulfone groups is 1. The number of hydrogen-bond donors (Lipinski definition) is 1. The summed E-state index contributed by atoms with van der Waals surface area (Å²) in [5.41, 5.74) is -0.418. The van der Waals surface area contributed by atoms with Gasteiger partial charge in [-0.25, -0.2) is 13.4 Å². The number of carbonyl (C=O) groups excluding carboxylic acids is 1. The summed E-state index contributed by atoms with van der Waals surface area (Å²) in [5, 5.41) is 6.54. The zero-order valence-electron chi connectivity index (χ0n) is 11.5. The number of nitrogens with one attached hydrogen (secondary N) is 1. The highest BCUT2D eigenvalue weighted by Gasteiger charge is 2.36. The third-order valence-corrected chi connectivity index (χ3v) is 5.23. The van der Waals surface area contributed by atoms with Gasteiger partial charge in [0.05, 0.1) is 10.6 Å². The lowest BCUT2D eigenvalue weighted by Gasteiger charge is -2.07. The molecule has 0 spiro atoms. The predicted octanol–water partition coefficient (Wildman–Crippen LogP) is 2.00. The van der Waals surface area contributed by atoms with Crippen LogP contribution in [0.4, 0.5) is 18.3 Å². The van der Waals surface area contributed by atoms with E-state index >= 15 is 0 Å². The largest absolute Gasteiger partial charge is 0.445 e. The van der Waals surface area contributed by atoms with Gasteiger partial charge in [-0.1, -0.05) is 18.3 Å². The molecule has 0 saturated heterocycles. The summed E-state index contributed by atoms with van der Waals surface area (Å²) in [5.74, 6) is -1.24. The first-order valence-electron chi connectivity index (χ1n) is 6.05. The molecule has 1 amide bonds. The van der Waals surface area contributed by atoms with E-state index in [1.807, 2.05) is 0 Å². The first kappa shape index (κ1) is 17.3. The fourth-order valence-electron chi connectivity index (χ4n) is 1.51. The van der Waals surface area contributed by atoms with Gasteiger partial charge in [0.15, 0.2) is 9.84 Å². The standard InChI is InChI=1S/C11H9F3N4O3S2/c1-2-23(20,21)6-4-3-5-15-7(6)8(19)16-10-18-17-9(22-10)11(12,13)14/h3-5H,2H2,1H3,(H,16,18,19). The van der Waals surface area contributed by atoms with Crippen molar-refractivity contribution in [2.75, 3.05) is 11.1 Å². The molecule has 0 saturated carbocycles. The van der Waals surface area contributed by atoms with Crippen LogP contribution in [0.3, 0.4) is 0 Å². The third kappa shape index (κ3) is 3.82. The maximum atomic E-state index is 12.4. The Labute approximate surface area is 132 Å². The molecule has 0 atom stereocenters. The third-order valence-electron chi connectivity index (χ3n) is 2.59. The number of hydrogen-bond acceptors (Lipinski definition) is 7. The molecule has 0 aromatic carbocycles. The Morgan fingerprint density at radius 3 is 2.61 bits per heavy atom. The summed E-state index contributed by atoms with van der Waals surface area (Å²) >= 11 is 0.126. The molecule has 0 aliphatic carbocycles. The van der Waals surface area contributed by atoms with E-state index in [1.54, 1.807) is 0 Å². The van der Waals surface area contributed by atoms with Crippen LogP contribution in [-0.2, 0) is 16.0 Å². The van der Waals surface area contributed by atoms with E-state index in [0.29, 0.717) is 0 Å². The molecule has 2 aromatic rings. The van der Waals surface area contributed by atoms with Crippen molar-refractivity contribution >= 4 is 32.2 Å². The Hall–Kier alpha value is -2.08. The molecule has 23 heavy (non-hydrogen) atoms. The van der Waals surface area contributed by atoms with E-state index in [0.717, 1.165) is 0 Å². The normalized spacial score (nSPS) is 12.2. The van der Waals surface area contributed by atoms with E-state index in [9.17, 15) is 26.4 Å². The number of pyridine rings is 1. The number of carbonyl (C=O) groups is 1. The van der Waals surface area contributed by atoms with Crippen molar-refractivity contribution in [2.24, 2.45) is 0 Å². The van der Waals surface area contributed by atoms with Crippen molar-refractivity contribution in [3.05, 3.63) is 29.0 Å². The second-order valence-corrected chi connectivity index (χ2v) is 7.34. The van der Waals surface area contributed by atoms with Crippen LogP contribution in [0, 0.1) is 0 Å². The monoisotopic (exact) mass is 366 g/mol. The highest BCUT2D eigenvalue weighted by atomic mass is 32.2. The predicted molar refractivity (Wildman–Crippen MR) is 74.8 cm³/mol. The molecule has 2 rings (SSSR count). The maximum Gasteiger partial charge on any atom is 0.445 e. The fourth-order valence-corrected chi connectivity index (χ4v) is 3.15. The van der Waals surface area contributed by atoms with Gasteiger partial charge in [-0.2, -0.15) is 13.2 Å². The molecule has 12 heteroatoms. The van der Waals surface area contributed by atoms with Crippen molar-refractivity contribution in [1.29, 1.82) is 0 Å². The summed E-state index contributed by atoms with van der Waals surface area (Å²) in [6.45, 7) is 1.39. The molecule has 0 bridgehead atoms. The minimum Gasteiger partial charge on any atom is -0.295 e. The van der Waals surface area contributed by atoms with Crippen molar-refractivity contribution < 1.29 is 26.4 Å². The number of amides is 1. The van der Waals surface area contributed by atoms with Gasteiger partial charge in [0.1, 0.15) is 5.69 Å². The number of nitrogens with zero attached hydrogens (tertiary/aromatic N) is 3. The molecule has 2 heterocycles. The Kier molecular flexibility index (Phi) is 4.66. The van der Waals surface area contributed by atoms with E-state index < -0.39 is 37.8 Å². The average Bonchev–Trinajstić information content (AvgIpc) is 2.96. The summed E-state index contributed by atoms with van der Waals surface area (Å²) < 4.78 is 61.1. The highest BCUT2D eigenvalue weighted by Crippen LogP contribution is 2.33.